The lowest BCUT2D eigenvalue weighted by Gasteiger charge is -2.21. The SMILES string of the molecule is COc1cc(C=Nn2c(C(C)(C)C)nc3ccc(Br)cc3c2=O)c(Br)c(Br)c1O. The van der Waals surface area contributed by atoms with Gasteiger partial charge in [0, 0.05) is 19.9 Å². The zero-order valence-corrected chi connectivity index (χ0v) is 20.9. The van der Waals surface area contributed by atoms with Crippen LogP contribution >= 0.6 is 47.8 Å². The van der Waals surface area contributed by atoms with Gasteiger partial charge in [0.15, 0.2) is 11.5 Å². The van der Waals surface area contributed by atoms with E-state index in [0.717, 1.165) is 4.47 Å². The van der Waals surface area contributed by atoms with Crippen LogP contribution in [0.2, 0.25) is 0 Å². The normalized spacial score (nSPS) is 12.1. The molecule has 0 unspecified atom stereocenters. The highest BCUT2D eigenvalue weighted by Crippen LogP contribution is 2.41. The molecule has 3 aromatic rings. The zero-order chi connectivity index (χ0) is 21.5. The number of rotatable bonds is 3. The summed E-state index contributed by atoms with van der Waals surface area (Å²) in [6.07, 6.45) is 1.53. The number of benzene rings is 2. The van der Waals surface area contributed by atoms with Crippen molar-refractivity contribution in [1.82, 2.24) is 9.66 Å². The molecule has 9 heteroatoms. The van der Waals surface area contributed by atoms with Crippen LogP contribution in [0.4, 0.5) is 0 Å². The molecular formula is C20H18Br3N3O3. The molecule has 29 heavy (non-hydrogen) atoms. The minimum absolute atomic E-state index is 0.0266. The minimum Gasteiger partial charge on any atom is -0.503 e. The van der Waals surface area contributed by atoms with Gasteiger partial charge >= 0.3 is 0 Å². The maximum atomic E-state index is 13.2. The third-order valence-electron chi connectivity index (χ3n) is 4.19. The molecular weight excluding hydrogens is 570 g/mol. The lowest BCUT2D eigenvalue weighted by molar-refractivity contribution is 0.371. The summed E-state index contributed by atoms with van der Waals surface area (Å²) in [5.74, 6) is 0.793. The van der Waals surface area contributed by atoms with Crippen LogP contribution < -0.4 is 10.3 Å². The number of methoxy groups -OCH3 is 1. The van der Waals surface area contributed by atoms with E-state index in [4.69, 9.17) is 9.72 Å². The van der Waals surface area contributed by atoms with E-state index < -0.39 is 5.41 Å². The van der Waals surface area contributed by atoms with Crippen molar-refractivity contribution < 1.29 is 9.84 Å². The highest BCUT2D eigenvalue weighted by molar-refractivity contribution is 9.13. The zero-order valence-electron chi connectivity index (χ0n) is 16.1. The van der Waals surface area contributed by atoms with Crippen molar-refractivity contribution >= 4 is 64.9 Å². The molecule has 0 aliphatic carbocycles. The number of ether oxygens (including phenoxy) is 1. The summed E-state index contributed by atoms with van der Waals surface area (Å²) in [6, 6.07) is 7.02. The predicted octanol–water partition coefficient (Wildman–Crippen LogP) is 5.58. The molecule has 152 valence electrons. The Balaban J connectivity index is 2.26. The third kappa shape index (κ3) is 4.27. The molecule has 3 rings (SSSR count). The van der Waals surface area contributed by atoms with Crippen molar-refractivity contribution in [2.45, 2.75) is 26.2 Å². The van der Waals surface area contributed by atoms with Crippen LogP contribution in [0.3, 0.4) is 0 Å². The molecule has 1 heterocycles. The number of phenolic OH excluding ortho intramolecular Hbond substituents is 1. The van der Waals surface area contributed by atoms with Crippen molar-refractivity contribution in [3.8, 4) is 11.5 Å². The van der Waals surface area contributed by atoms with Gasteiger partial charge in [-0.1, -0.05) is 36.7 Å². The molecule has 0 fully saturated rings. The van der Waals surface area contributed by atoms with E-state index in [2.05, 4.69) is 52.9 Å². The lowest BCUT2D eigenvalue weighted by atomic mass is 9.95. The first-order valence-electron chi connectivity index (χ1n) is 8.56. The fraction of sp³-hybridized carbons (Fsp3) is 0.250. The first kappa shape index (κ1) is 22.0. The second kappa shape index (κ2) is 8.20. The van der Waals surface area contributed by atoms with Crippen LogP contribution in [-0.2, 0) is 5.41 Å². The minimum atomic E-state index is -0.414. The van der Waals surface area contributed by atoms with Crippen molar-refractivity contribution in [2.24, 2.45) is 5.10 Å². The quantitative estimate of drug-likeness (QED) is 0.406. The van der Waals surface area contributed by atoms with Gasteiger partial charge < -0.3 is 9.84 Å². The highest BCUT2D eigenvalue weighted by Gasteiger charge is 2.23. The van der Waals surface area contributed by atoms with Crippen molar-refractivity contribution in [1.29, 1.82) is 0 Å². The second-order valence-corrected chi connectivity index (χ2v) is 9.85. The van der Waals surface area contributed by atoms with E-state index >= 15 is 0 Å². The predicted molar refractivity (Wildman–Crippen MR) is 125 cm³/mol. The lowest BCUT2D eigenvalue weighted by Crippen LogP contribution is -2.29. The Morgan fingerprint density at radius 1 is 1.17 bits per heavy atom. The van der Waals surface area contributed by atoms with Gasteiger partial charge in [0.25, 0.3) is 5.56 Å². The Kier molecular flexibility index (Phi) is 6.21. The summed E-state index contributed by atoms with van der Waals surface area (Å²) < 4.78 is 8.32. The first-order chi connectivity index (χ1) is 13.5. The van der Waals surface area contributed by atoms with Crippen LogP contribution in [0.25, 0.3) is 10.9 Å². The topological polar surface area (TPSA) is 76.7 Å². The molecule has 0 aliphatic heterocycles. The number of nitrogens with zero attached hydrogens (tertiary/aromatic N) is 3. The van der Waals surface area contributed by atoms with Crippen molar-refractivity contribution in [3.05, 3.63) is 59.4 Å². The van der Waals surface area contributed by atoms with Gasteiger partial charge in [0.1, 0.15) is 5.82 Å². The highest BCUT2D eigenvalue weighted by atomic mass is 79.9. The number of halogens is 3. The largest absolute Gasteiger partial charge is 0.503 e. The Bertz CT molecular complexity index is 1200. The van der Waals surface area contributed by atoms with Gasteiger partial charge in [-0.05, 0) is 56.1 Å². The molecule has 0 atom stereocenters. The van der Waals surface area contributed by atoms with E-state index in [9.17, 15) is 9.90 Å². The third-order valence-corrected chi connectivity index (χ3v) is 6.84. The molecule has 0 aliphatic rings. The first-order valence-corrected chi connectivity index (χ1v) is 10.9. The number of fused-ring (bicyclic) bond motifs is 1. The van der Waals surface area contributed by atoms with E-state index in [-0.39, 0.29) is 17.1 Å². The molecule has 2 aromatic carbocycles. The summed E-state index contributed by atoms with van der Waals surface area (Å²) in [7, 11) is 1.46. The van der Waals surface area contributed by atoms with Gasteiger partial charge in [-0.15, -0.1) is 0 Å². The van der Waals surface area contributed by atoms with E-state index in [0.29, 0.717) is 31.2 Å². The van der Waals surface area contributed by atoms with E-state index in [1.165, 1.54) is 18.0 Å². The molecule has 1 aromatic heterocycles. The van der Waals surface area contributed by atoms with Crippen molar-refractivity contribution in [2.75, 3.05) is 7.11 Å². The Labute approximate surface area is 193 Å². The molecule has 0 saturated carbocycles. The molecule has 0 saturated heterocycles. The Hall–Kier alpha value is -1.71. The number of phenols is 1. The molecule has 0 radical (unpaired) electrons. The molecule has 0 amide bonds. The summed E-state index contributed by atoms with van der Waals surface area (Å²) in [4.78, 5) is 17.9. The number of hydrogen-bond donors (Lipinski definition) is 1. The van der Waals surface area contributed by atoms with Gasteiger partial charge in [-0.25, -0.2) is 4.98 Å². The average Bonchev–Trinajstić information content (AvgIpc) is 2.66. The average molecular weight is 588 g/mol. The maximum absolute atomic E-state index is 13.2. The van der Waals surface area contributed by atoms with Crippen LogP contribution in [0.15, 0.2) is 47.6 Å². The fourth-order valence-electron chi connectivity index (χ4n) is 2.72. The van der Waals surface area contributed by atoms with E-state index in [1.54, 1.807) is 12.1 Å². The van der Waals surface area contributed by atoms with Gasteiger partial charge in [0.2, 0.25) is 0 Å². The van der Waals surface area contributed by atoms with Gasteiger partial charge in [-0.3, -0.25) is 4.79 Å². The Morgan fingerprint density at radius 2 is 1.86 bits per heavy atom. The monoisotopic (exact) mass is 585 g/mol. The number of aromatic nitrogens is 2. The molecule has 0 bridgehead atoms. The summed E-state index contributed by atoms with van der Waals surface area (Å²) in [5, 5.41) is 15.0. The van der Waals surface area contributed by atoms with Gasteiger partial charge in [0.05, 0.1) is 28.7 Å². The van der Waals surface area contributed by atoms with Gasteiger partial charge in [-0.2, -0.15) is 9.78 Å². The summed E-state index contributed by atoms with van der Waals surface area (Å²) in [5.41, 5.74) is 0.554. The Morgan fingerprint density at radius 3 is 2.48 bits per heavy atom. The van der Waals surface area contributed by atoms with Crippen LogP contribution in [0, 0.1) is 0 Å². The summed E-state index contributed by atoms with van der Waals surface area (Å²) >= 11 is 10.2. The second-order valence-electron chi connectivity index (χ2n) is 7.35. The number of hydrogen-bond acceptors (Lipinski definition) is 5. The van der Waals surface area contributed by atoms with Crippen LogP contribution in [0.1, 0.15) is 32.2 Å². The van der Waals surface area contributed by atoms with Crippen LogP contribution in [0.5, 0.6) is 11.5 Å². The standard InChI is InChI=1S/C20H18Br3N3O3/c1-20(2,3)19-25-13-6-5-11(21)8-12(13)18(28)26(19)24-9-10-7-14(29-4)17(27)16(23)15(10)22/h5-9,27H,1-4H3. The molecule has 0 spiro atoms. The number of aromatic hydroxyl groups is 1. The maximum Gasteiger partial charge on any atom is 0.282 e. The molecule has 1 N–H and O–H groups in total. The van der Waals surface area contributed by atoms with Crippen LogP contribution in [-0.4, -0.2) is 28.1 Å². The molecule has 6 nitrogen and oxygen atoms in total. The fourth-order valence-corrected chi connectivity index (χ4v) is 3.91. The smallest absolute Gasteiger partial charge is 0.282 e. The summed E-state index contributed by atoms with van der Waals surface area (Å²) in [6.45, 7) is 5.92. The van der Waals surface area contributed by atoms with Crippen molar-refractivity contribution in [3.63, 3.8) is 0 Å². The van der Waals surface area contributed by atoms with E-state index in [1.807, 2.05) is 32.9 Å².